The number of alkyl halides is 3. The molecule has 0 spiro atoms. The summed E-state index contributed by atoms with van der Waals surface area (Å²) in [6, 6.07) is 13.4. The van der Waals surface area contributed by atoms with Gasteiger partial charge >= 0.3 is 6.18 Å². The summed E-state index contributed by atoms with van der Waals surface area (Å²) in [5.41, 5.74) is 0.169. The molecule has 0 bridgehead atoms. The Hall–Kier alpha value is -4.72. The number of nitrogens with zero attached hydrogens (tertiary/aromatic N) is 2. The fraction of sp³-hybridized carbons (Fsp3) is 0.290. The van der Waals surface area contributed by atoms with Gasteiger partial charge in [0.05, 0.1) is 40.8 Å². The number of benzene rings is 2. The number of pyridine rings is 1. The smallest absolute Gasteiger partial charge is 0.389 e. The molecule has 4 aromatic rings. The van der Waals surface area contributed by atoms with Crippen molar-refractivity contribution < 1.29 is 36.3 Å². The second-order valence-electron chi connectivity index (χ2n) is 10.4. The van der Waals surface area contributed by atoms with Crippen molar-refractivity contribution in [1.82, 2.24) is 10.3 Å². The van der Waals surface area contributed by atoms with Gasteiger partial charge < -0.3 is 14.5 Å². The first kappa shape index (κ1) is 30.2. The van der Waals surface area contributed by atoms with Crippen LogP contribution in [0.1, 0.15) is 53.1 Å². The van der Waals surface area contributed by atoms with Crippen molar-refractivity contribution in [2.75, 3.05) is 14.2 Å². The third-order valence-electron chi connectivity index (χ3n) is 6.68. The van der Waals surface area contributed by atoms with Crippen LogP contribution < -0.4 is 10.1 Å². The largest absolute Gasteiger partial charge is 0.496 e. The van der Waals surface area contributed by atoms with Gasteiger partial charge in [0.2, 0.25) is 5.71 Å². The van der Waals surface area contributed by atoms with Gasteiger partial charge in [-0.2, -0.15) is 18.4 Å². The van der Waals surface area contributed by atoms with Crippen LogP contribution in [-0.4, -0.2) is 37.0 Å². The van der Waals surface area contributed by atoms with Crippen LogP contribution in [0.2, 0.25) is 0 Å². The lowest BCUT2D eigenvalue weighted by Crippen LogP contribution is -2.18. The predicted molar refractivity (Wildman–Crippen MR) is 147 cm³/mol. The summed E-state index contributed by atoms with van der Waals surface area (Å²) >= 11 is 0. The Morgan fingerprint density at radius 1 is 1.07 bits per heavy atom. The molecule has 7 nitrogen and oxygen atoms in total. The average Bonchev–Trinajstić information content (AvgIpc) is 3.32. The summed E-state index contributed by atoms with van der Waals surface area (Å²) in [6.45, 7) is 3.23. The molecule has 0 atom stereocenters. The van der Waals surface area contributed by atoms with E-state index in [1.54, 1.807) is 19.9 Å². The number of Topliss-reactive ketones (excluding diaryl/α,β-unsaturated/α-hetero) is 1. The number of halogens is 4. The van der Waals surface area contributed by atoms with Crippen molar-refractivity contribution in [3.63, 3.8) is 0 Å². The molecule has 1 amide bonds. The SMILES string of the molecule is CNC(=O)c1c(-c2ccc(F)cc2)oc2nc(CCC(F)(F)F)c(-c3ccc(OC)c(C(=O)CC(C)(C)C#N)c3)cc12. The molecule has 0 aliphatic rings. The number of methoxy groups -OCH3 is 1. The number of amides is 1. The molecule has 2 heterocycles. The molecule has 0 aliphatic carbocycles. The molecule has 0 aliphatic heterocycles. The maximum atomic E-state index is 13.6. The Kier molecular flexibility index (Phi) is 8.38. The molecule has 1 N–H and O–H groups in total. The number of hydrogen-bond donors (Lipinski definition) is 1. The minimum Gasteiger partial charge on any atom is -0.496 e. The molecule has 0 unspecified atom stereocenters. The average molecular weight is 582 g/mol. The predicted octanol–water partition coefficient (Wildman–Crippen LogP) is 7.29. The molecule has 2 aromatic carbocycles. The van der Waals surface area contributed by atoms with Crippen LogP contribution in [0.15, 0.2) is 52.9 Å². The number of carbonyl (C=O) groups is 2. The maximum Gasteiger partial charge on any atom is 0.389 e. The van der Waals surface area contributed by atoms with E-state index in [9.17, 15) is 32.4 Å². The van der Waals surface area contributed by atoms with Crippen molar-refractivity contribution in [1.29, 1.82) is 5.26 Å². The Morgan fingerprint density at radius 2 is 1.74 bits per heavy atom. The lowest BCUT2D eigenvalue weighted by Gasteiger charge is -2.17. The topological polar surface area (TPSA) is 105 Å². The molecule has 2 aromatic heterocycles. The van der Waals surface area contributed by atoms with Crippen LogP contribution >= 0.6 is 0 Å². The first-order valence-electron chi connectivity index (χ1n) is 12.9. The van der Waals surface area contributed by atoms with Crippen molar-refractivity contribution in [2.24, 2.45) is 5.41 Å². The molecule has 4 rings (SSSR count). The van der Waals surface area contributed by atoms with Gasteiger partial charge in [-0.15, -0.1) is 0 Å². The van der Waals surface area contributed by atoms with Gasteiger partial charge in [0, 0.05) is 31.0 Å². The zero-order valence-electron chi connectivity index (χ0n) is 23.3. The number of aryl methyl sites for hydroxylation is 1. The van der Waals surface area contributed by atoms with Gasteiger partial charge in [0.25, 0.3) is 5.91 Å². The van der Waals surface area contributed by atoms with Crippen LogP contribution in [0, 0.1) is 22.6 Å². The van der Waals surface area contributed by atoms with Crippen molar-refractivity contribution in [3.8, 4) is 34.3 Å². The van der Waals surface area contributed by atoms with Gasteiger partial charge in [0.15, 0.2) is 5.78 Å². The monoisotopic (exact) mass is 581 g/mol. The second-order valence-corrected chi connectivity index (χ2v) is 10.4. The Balaban J connectivity index is 1.97. The third-order valence-corrected chi connectivity index (χ3v) is 6.68. The van der Waals surface area contributed by atoms with Gasteiger partial charge in [0.1, 0.15) is 17.3 Å². The van der Waals surface area contributed by atoms with E-state index in [0.717, 1.165) is 0 Å². The van der Waals surface area contributed by atoms with Gasteiger partial charge in [-0.25, -0.2) is 9.37 Å². The van der Waals surface area contributed by atoms with E-state index in [-0.39, 0.29) is 57.2 Å². The minimum absolute atomic E-state index is 0.0311. The number of fused-ring (bicyclic) bond motifs is 1. The number of hydrogen-bond acceptors (Lipinski definition) is 6. The molecular formula is C31H27F4N3O4. The summed E-state index contributed by atoms with van der Waals surface area (Å²) < 4.78 is 64.8. The highest BCUT2D eigenvalue weighted by Gasteiger charge is 2.30. The van der Waals surface area contributed by atoms with Crippen molar-refractivity contribution in [2.45, 2.75) is 39.3 Å². The Bertz CT molecular complexity index is 1700. The van der Waals surface area contributed by atoms with E-state index >= 15 is 0 Å². The highest BCUT2D eigenvalue weighted by atomic mass is 19.4. The summed E-state index contributed by atoms with van der Waals surface area (Å²) in [7, 11) is 2.79. The molecule has 218 valence electrons. The number of nitrogens with one attached hydrogen (secondary N) is 1. The first-order valence-corrected chi connectivity index (χ1v) is 12.9. The van der Waals surface area contributed by atoms with E-state index in [4.69, 9.17) is 9.15 Å². The van der Waals surface area contributed by atoms with Crippen LogP contribution in [0.4, 0.5) is 17.6 Å². The number of furan rings is 1. The molecular weight excluding hydrogens is 554 g/mol. The summed E-state index contributed by atoms with van der Waals surface area (Å²) in [5, 5.41) is 12.2. The standard InChI is InChI=1S/C31H27F4N3O4/c1-30(2,16-36)15-24(39)21-13-18(7-10-25(21)41-4)20-14-22-26(28(40)37-3)27(17-5-8-19(32)9-6-17)42-29(22)38-23(20)11-12-31(33,34)35/h5-10,13-14H,11-12,15H2,1-4H3,(H,37,40). The minimum atomic E-state index is -4.48. The highest BCUT2D eigenvalue weighted by Crippen LogP contribution is 2.39. The van der Waals surface area contributed by atoms with E-state index in [1.165, 1.54) is 56.6 Å². The molecule has 0 fully saturated rings. The number of aromatic nitrogens is 1. The fourth-order valence-electron chi connectivity index (χ4n) is 4.54. The van der Waals surface area contributed by atoms with Crippen LogP contribution in [0.5, 0.6) is 5.75 Å². The van der Waals surface area contributed by atoms with Crippen molar-refractivity contribution in [3.05, 3.63) is 71.2 Å². The van der Waals surface area contributed by atoms with Crippen LogP contribution in [0.25, 0.3) is 33.6 Å². The zero-order chi connectivity index (χ0) is 30.8. The third kappa shape index (κ3) is 6.43. The molecule has 0 radical (unpaired) electrons. The van der Waals surface area contributed by atoms with Crippen LogP contribution in [0.3, 0.4) is 0 Å². The second kappa shape index (κ2) is 11.6. The van der Waals surface area contributed by atoms with Gasteiger partial charge in [-0.1, -0.05) is 6.07 Å². The van der Waals surface area contributed by atoms with Gasteiger partial charge in [-0.3, -0.25) is 9.59 Å². The first-order chi connectivity index (χ1) is 19.8. The van der Waals surface area contributed by atoms with E-state index in [1.807, 2.05) is 0 Å². The lowest BCUT2D eigenvalue weighted by molar-refractivity contribution is -0.134. The molecule has 0 saturated carbocycles. The summed E-state index contributed by atoms with van der Waals surface area (Å²) in [5.74, 6) is -1.14. The number of rotatable bonds is 9. The highest BCUT2D eigenvalue weighted by molar-refractivity contribution is 6.11. The van der Waals surface area contributed by atoms with Gasteiger partial charge in [-0.05, 0) is 68.3 Å². The van der Waals surface area contributed by atoms with Crippen molar-refractivity contribution >= 4 is 22.8 Å². The number of nitriles is 1. The number of carbonyl (C=O) groups excluding carboxylic acids is 2. The summed E-state index contributed by atoms with van der Waals surface area (Å²) in [4.78, 5) is 30.6. The maximum absolute atomic E-state index is 13.6. The molecule has 42 heavy (non-hydrogen) atoms. The normalized spacial score (nSPS) is 11.8. The number of ether oxygens (including phenoxy) is 1. The zero-order valence-corrected chi connectivity index (χ0v) is 23.3. The molecule has 11 heteroatoms. The summed E-state index contributed by atoms with van der Waals surface area (Å²) in [6.07, 6.45) is -6.28. The fourth-order valence-corrected chi connectivity index (χ4v) is 4.54. The molecule has 0 saturated heterocycles. The van der Waals surface area contributed by atoms with E-state index < -0.39 is 36.2 Å². The van der Waals surface area contributed by atoms with E-state index in [0.29, 0.717) is 11.1 Å². The Labute approximate surface area is 239 Å². The lowest BCUT2D eigenvalue weighted by atomic mass is 9.86. The Morgan fingerprint density at radius 3 is 2.33 bits per heavy atom. The van der Waals surface area contributed by atoms with Crippen LogP contribution in [-0.2, 0) is 6.42 Å². The quantitative estimate of drug-likeness (QED) is 0.164. The number of ketones is 1. The van der Waals surface area contributed by atoms with E-state index in [2.05, 4.69) is 16.4 Å².